The quantitative estimate of drug-likeness (QED) is 0.272. The smallest absolute Gasteiger partial charge is 0.294 e. The monoisotopic (exact) mass is 627 g/mol. The summed E-state index contributed by atoms with van der Waals surface area (Å²) in [5.74, 6) is -1.61. The average Bonchev–Trinajstić information content (AvgIpc) is 2.94. The Kier molecular flexibility index (Phi) is 8.15. The SMILES string of the molecule is O=C1CCN(C(=O)c2cc(Br)cc([N+](=O)[O-])c2N[C@@H]2CCCC[C@@H]2NC(=O)c2cc(=O)[nH]c3c(F)cccc23)CC1. The molecule has 5 rings (SSSR count). The number of fused-ring (bicyclic) bond motifs is 1. The molecular weight excluding hydrogens is 601 g/mol. The number of pyridine rings is 1. The summed E-state index contributed by atoms with van der Waals surface area (Å²) in [4.78, 5) is 66.3. The van der Waals surface area contributed by atoms with Gasteiger partial charge in [0.25, 0.3) is 17.5 Å². The van der Waals surface area contributed by atoms with E-state index in [1.807, 2.05) is 0 Å². The minimum absolute atomic E-state index is 0.0118. The van der Waals surface area contributed by atoms with Crippen molar-refractivity contribution in [3.63, 3.8) is 0 Å². The molecule has 2 aromatic carbocycles. The van der Waals surface area contributed by atoms with Crippen LogP contribution in [0, 0.1) is 15.9 Å². The largest absolute Gasteiger partial charge is 0.374 e. The number of piperidine rings is 1. The Morgan fingerprint density at radius 2 is 1.76 bits per heavy atom. The molecule has 2 fully saturated rings. The number of benzene rings is 2. The molecule has 1 saturated heterocycles. The van der Waals surface area contributed by atoms with Gasteiger partial charge in [-0.2, -0.15) is 0 Å². The standard InChI is InChI=1S/C28H27BrFN5O6/c29-15-12-19(28(39)34-10-8-16(36)9-11-34)26(23(13-15)35(40)41)31-21-6-1-2-7-22(21)32-27(38)18-14-24(37)33-25-17(18)4-3-5-20(25)30/h3-5,12-14,21-22,31H,1-2,6-11H2,(H,32,38)(H,33,37)/t21-,22+/m1/s1. The molecule has 0 unspecified atom stereocenters. The van der Waals surface area contributed by atoms with Crippen molar-refractivity contribution in [1.29, 1.82) is 0 Å². The Bertz CT molecular complexity index is 1620. The van der Waals surface area contributed by atoms with Gasteiger partial charge in [0, 0.05) is 60.0 Å². The molecule has 1 aliphatic heterocycles. The first-order chi connectivity index (χ1) is 19.6. The maximum Gasteiger partial charge on any atom is 0.294 e. The van der Waals surface area contributed by atoms with Gasteiger partial charge in [-0.1, -0.05) is 40.9 Å². The molecule has 3 N–H and O–H groups in total. The number of amides is 2. The number of carbonyl (C=O) groups excluding carboxylic acids is 3. The van der Waals surface area contributed by atoms with Crippen LogP contribution in [0.3, 0.4) is 0 Å². The van der Waals surface area contributed by atoms with Crippen molar-refractivity contribution in [3.05, 3.63) is 78.3 Å². The Labute approximate surface area is 241 Å². The fourth-order valence-electron chi connectivity index (χ4n) is 5.53. The summed E-state index contributed by atoms with van der Waals surface area (Å²) in [6.07, 6.45) is 3.11. The van der Waals surface area contributed by atoms with Crippen molar-refractivity contribution < 1.29 is 23.7 Å². The van der Waals surface area contributed by atoms with E-state index in [0.29, 0.717) is 17.3 Å². The highest BCUT2D eigenvalue weighted by Gasteiger charge is 2.33. The van der Waals surface area contributed by atoms with E-state index >= 15 is 0 Å². The Balaban J connectivity index is 1.46. The van der Waals surface area contributed by atoms with Gasteiger partial charge in [0.05, 0.1) is 21.6 Å². The zero-order valence-electron chi connectivity index (χ0n) is 21.9. The van der Waals surface area contributed by atoms with E-state index < -0.39 is 40.2 Å². The van der Waals surface area contributed by atoms with Crippen LogP contribution >= 0.6 is 15.9 Å². The fourth-order valence-corrected chi connectivity index (χ4v) is 5.97. The fraction of sp³-hybridized carbons (Fsp3) is 0.357. The van der Waals surface area contributed by atoms with Gasteiger partial charge in [0.1, 0.15) is 17.3 Å². The van der Waals surface area contributed by atoms with E-state index in [-0.39, 0.29) is 65.1 Å². The van der Waals surface area contributed by atoms with Crippen LogP contribution in [-0.4, -0.2) is 57.6 Å². The van der Waals surface area contributed by atoms with Crippen LogP contribution in [0.4, 0.5) is 15.8 Å². The van der Waals surface area contributed by atoms with Gasteiger partial charge < -0.3 is 20.5 Å². The van der Waals surface area contributed by atoms with Crippen LogP contribution < -0.4 is 16.2 Å². The van der Waals surface area contributed by atoms with Gasteiger partial charge in [-0.25, -0.2) is 4.39 Å². The van der Waals surface area contributed by atoms with Gasteiger partial charge >= 0.3 is 0 Å². The lowest BCUT2D eigenvalue weighted by atomic mass is 9.89. The van der Waals surface area contributed by atoms with Crippen molar-refractivity contribution in [2.45, 2.75) is 50.6 Å². The molecule has 2 amide bonds. The summed E-state index contributed by atoms with van der Waals surface area (Å²) >= 11 is 3.27. The summed E-state index contributed by atoms with van der Waals surface area (Å²) in [5, 5.41) is 18.5. The molecule has 2 aliphatic rings. The highest BCUT2D eigenvalue weighted by molar-refractivity contribution is 9.10. The molecule has 11 nitrogen and oxygen atoms in total. The van der Waals surface area contributed by atoms with Gasteiger partial charge in [-0.05, 0) is 25.0 Å². The number of nitro groups is 1. The molecule has 3 aromatic rings. The second-order valence-electron chi connectivity index (χ2n) is 10.3. The van der Waals surface area contributed by atoms with E-state index in [1.165, 1.54) is 35.2 Å². The number of likely N-dealkylation sites (tertiary alicyclic amines) is 1. The van der Waals surface area contributed by atoms with E-state index in [2.05, 4.69) is 31.5 Å². The number of aromatic nitrogens is 1. The number of Topliss-reactive ketones (excluding diaryl/α,β-unsaturated/α-hetero) is 1. The van der Waals surface area contributed by atoms with Crippen molar-refractivity contribution in [3.8, 4) is 0 Å². The van der Waals surface area contributed by atoms with E-state index in [4.69, 9.17) is 0 Å². The highest BCUT2D eigenvalue weighted by atomic mass is 79.9. The van der Waals surface area contributed by atoms with Gasteiger partial charge in [0.2, 0.25) is 5.56 Å². The lowest BCUT2D eigenvalue weighted by Gasteiger charge is -2.34. The minimum Gasteiger partial charge on any atom is -0.374 e. The maximum absolute atomic E-state index is 14.3. The Morgan fingerprint density at radius 3 is 2.46 bits per heavy atom. The average molecular weight is 628 g/mol. The lowest BCUT2D eigenvalue weighted by molar-refractivity contribution is -0.384. The van der Waals surface area contributed by atoms with Crippen molar-refractivity contribution >= 4 is 55.8 Å². The molecule has 1 saturated carbocycles. The maximum atomic E-state index is 14.3. The second-order valence-corrected chi connectivity index (χ2v) is 11.2. The van der Waals surface area contributed by atoms with Crippen LogP contribution in [0.5, 0.6) is 0 Å². The molecule has 0 spiro atoms. The number of carbonyl (C=O) groups is 3. The first-order valence-electron chi connectivity index (χ1n) is 13.3. The van der Waals surface area contributed by atoms with Crippen LogP contribution in [0.15, 0.2) is 45.7 Å². The zero-order chi connectivity index (χ0) is 29.3. The van der Waals surface area contributed by atoms with Crippen LogP contribution in [0.1, 0.15) is 59.2 Å². The normalized spacial score (nSPS) is 19.2. The highest BCUT2D eigenvalue weighted by Crippen LogP contribution is 2.36. The van der Waals surface area contributed by atoms with Crippen molar-refractivity contribution in [2.75, 3.05) is 18.4 Å². The number of rotatable bonds is 6. The van der Waals surface area contributed by atoms with Crippen molar-refractivity contribution in [1.82, 2.24) is 15.2 Å². The number of hydrogen-bond donors (Lipinski definition) is 3. The van der Waals surface area contributed by atoms with E-state index in [0.717, 1.165) is 18.9 Å². The topological polar surface area (TPSA) is 155 Å². The molecule has 0 bridgehead atoms. The minimum atomic E-state index is -0.663. The lowest BCUT2D eigenvalue weighted by Crippen LogP contribution is -2.49. The van der Waals surface area contributed by atoms with Gasteiger partial charge in [-0.15, -0.1) is 0 Å². The first-order valence-corrected chi connectivity index (χ1v) is 14.1. The predicted octanol–water partition coefficient (Wildman–Crippen LogP) is 4.30. The molecule has 0 radical (unpaired) electrons. The van der Waals surface area contributed by atoms with Crippen LogP contribution in [-0.2, 0) is 4.79 Å². The summed E-state index contributed by atoms with van der Waals surface area (Å²) < 4.78 is 14.7. The summed E-state index contributed by atoms with van der Waals surface area (Å²) in [6.45, 7) is 0.453. The number of ketones is 1. The predicted molar refractivity (Wildman–Crippen MR) is 153 cm³/mol. The van der Waals surface area contributed by atoms with Gasteiger partial charge in [-0.3, -0.25) is 29.3 Å². The number of nitro benzene ring substituents is 1. The van der Waals surface area contributed by atoms with Crippen LogP contribution in [0.2, 0.25) is 0 Å². The van der Waals surface area contributed by atoms with E-state index in [9.17, 15) is 33.7 Å². The number of anilines is 1. The third kappa shape index (κ3) is 5.99. The van der Waals surface area contributed by atoms with Crippen molar-refractivity contribution in [2.24, 2.45) is 0 Å². The summed E-state index contributed by atoms with van der Waals surface area (Å²) in [7, 11) is 0. The molecule has 214 valence electrons. The number of halogens is 2. The summed E-state index contributed by atoms with van der Waals surface area (Å²) in [5.41, 5.74) is -0.863. The second kappa shape index (κ2) is 11.8. The number of aromatic amines is 1. The van der Waals surface area contributed by atoms with Crippen LogP contribution in [0.25, 0.3) is 10.9 Å². The molecule has 1 aliphatic carbocycles. The Morgan fingerprint density at radius 1 is 1.05 bits per heavy atom. The number of H-pyrrole nitrogens is 1. The zero-order valence-corrected chi connectivity index (χ0v) is 23.5. The number of para-hydroxylation sites is 1. The third-order valence-electron chi connectivity index (χ3n) is 7.60. The molecule has 13 heteroatoms. The van der Waals surface area contributed by atoms with Gasteiger partial charge in [0.15, 0.2) is 0 Å². The number of nitrogens with zero attached hydrogens (tertiary/aromatic N) is 2. The molecule has 1 aromatic heterocycles. The first kappa shape index (κ1) is 28.4. The molecule has 2 atom stereocenters. The number of nitrogens with one attached hydrogen (secondary N) is 3. The summed E-state index contributed by atoms with van der Waals surface area (Å²) in [6, 6.07) is 7.13. The molecular formula is C28H27BrFN5O6. The van der Waals surface area contributed by atoms with E-state index in [1.54, 1.807) is 0 Å². The Hall–Kier alpha value is -4.13. The molecule has 41 heavy (non-hydrogen) atoms. The number of hydrogen-bond acceptors (Lipinski definition) is 7. The molecule has 2 heterocycles. The third-order valence-corrected chi connectivity index (χ3v) is 8.06.